The predicted molar refractivity (Wildman–Crippen MR) is 76.7 cm³/mol. The summed E-state index contributed by atoms with van der Waals surface area (Å²) in [5.41, 5.74) is 5.85. The zero-order valence-electron chi connectivity index (χ0n) is 10.5. The number of halogens is 1. The number of hydrogen-bond donors (Lipinski definition) is 1. The lowest BCUT2D eigenvalue weighted by molar-refractivity contribution is 0.414. The van der Waals surface area contributed by atoms with Crippen LogP contribution in [0.3, 0.4) is 0 Å². The molecule has 0 aliphatic carbocycles. The van der Waals surface area contributed by atoms with Gasteiger partial charge in [0.15, 0.2) is 5.57 Å². The molecule has 0 unspecified atom stereocenters. The molecular formula is C14H9BrN4O. The minimum Gasteiger partial charge on any atom is -0.496 e. The first-order chi connectivity index (χ1) is 9.57. The van der Waals surface area contributed by atoms with Crippen LogP contribution in [0.25, 0.3) is 6.08 Å². The first-order valence-electron chi connectivity index (χ1n) is 5.33. The number of rotatable bonds is 3. The lowest BCUT2D eigenvalue weighted by Crippen LogP contribution is -2.03. The fourth-order valence-corrected chi connectivity index (χ4v) is 1.80. The van der Waals surface area contributed by atoms with Gasteiger partial charge < -0.3 is 10.5 Å². The maximum Gasteiger partial charge on any atom is 0.153 e. The van der Waals surface area contributed by atoms with Crippen molar-refractivity contribution >= 4 is 22.0 Å². The quantitative estimate of drug-likeness (QED) is 0.677. The van der Waals surface area contributed by atoms with Gasteiger partial charge in [-0.1, -0.05) is 15.9 Å². The molecule has 0 radical (unpaired) electrons. The molecule has 0 aromatic heterocycles. The second-order valence-electron chi connectivity index (χ2n) is 3.57. The van der Waals surface area contributed by atoms with Crippen molar-refractivity contribution in [3.63, 3.8) is 0 Å². The van der Waals surface area contributed by atoms with Crippen LogP contribution in [0.5, 0.6) is 5.75 Å². The van der Waals surface area contributed by atoms with Gasteiger partial charge in [-0.05, 0) is 24.3 Å². The summed E-state index contributed by atoms with van der Waals surface area (Å²) in [4.78, 5) is 0. The molecule has 0 saturated heterocycles. The number of allylic oxidation sites excluding steroid dienone is 2. The minimum atomic E-state index is -0.299. The van der Waals surface area contributed by atoms with Crippen LogP contribution >= 0.6 is 15.9 Å². The summed E-state index contributed by atoms with van der Waals surface area (Å²) < 4.78 is 5.97. The summed E-state index contributed by atoms with van der Waals surface area (Å²) >= 11 is 3.31. The number of hydrogen-bond acceptors (Lipinski definition) is 5. The highest BCUT2D eigenvalue weighted by Gasteiger charge is 2.10. The summed E-state index contributed by atoms with van der Waals surface area (Å²) in [7, 11) is 1.50. The van der Waals surface area contributed by atoms with Gasteiger partial charge in [0, 0.05) is 10.0 Å². The van der Waals surface area contributed by atoms with Crippen LogP contribution in [0.1, 0.15) is 5.56 Å². The molecule has 0 aliphatic heterocycles. The van der Waals surface area contributed by atoms with E-state index in [9.17, 15) is 0 Å². The van der Waals surface area contributed by atoms with E-state index >= 15 is 0 Å². The summed E-state index contributed by atoms with van der Waals surface area (Å²) in [5, 5.41) is 26.7. The third kappa shape index (κ3) is 3.38. The fraction of sp³-hybridized carbons (Fsp3) is 0.0714. The average Bonchev–Trinajstić information content (AvgIpc) is 2.46. The Morgan fingerprint density at radius 3 is 2.40 bits per heavy atom. The maximum atomic E-state index is 9.13. The van der Waals surface area contributed by atoms with Crippen molar-refractivity contribution < 1.29 is 4.74 Å². The number of nitrogens with two attached hydrogens (primary N) is 1. The number of benzene rings is 1. The van der Waals surface area contributed by atoms with Crippen LogP contribution in [-0.2, 0) is 0 Å². The topological polar surface area (TPSA) is 107 Å². The number of methoxy groups -OCH3 is 1. The van der Waals surface area contributed by atoms with Crippen LogP contribution in [0.2, 0.25) is 0 Å². The van der Waals surface area contributed by atoms with Crippen molar-refractivity contribution in [1.29, 1.82) is 15.8 Å². The zero-order chi connectivity index (χ0) is 15.1. The van der Waals surface area contributed by atoms with Gasteiger partial charge in [0.1, 0.15) is 24.0 Å². The standard InChI is InChI=1S/C14H9BrN4O/c1-20-13-3-2-12(15)5-9(13)4-10(6-16)14(19)11(7-17)8-18/h2-5H,19H2,1H3/b10-4+. The Morgan fingerprint density at radius 1 is 1.25 bits per heavy atom. The molecule has 5 nitrogen and oxygen atoms in total. The van der Waals surface area contributed by atoms with Gasteiger partial charge in [0.05, 0.1) is 18.4 Å². The van der Waals surface area contributed by atoms with Gasteiger partial charge >= 0.3 is 0 Å². The van der Waals surface area contributed by atoms with Gasteiger partial charge in [-0.3, -0.25) is 0 Å². The Labute approximate surface area is 124 Å². The zero-order valence-corrected chi connectivity index (χ0v) is 12.1. The van der Waals surface area contributed by atoms with Crippen molar-refractivity contribution in [3.05, 3.63) is 45.1 Å². The number of nitriles is 3. The van der Waals surface area contributed by atoms with Gasteiger partial charge in [0.2, 0.25) is 0 Å². The van der Waals surface area contributed by atoms with Crippen molar-refractivity contribution in [3.8, 4) is 24.0 Å². The molecule has 1 rings (SSSR count). The highest BCUT2D eigenvalue weighted by atomic mass is 79.9. The lowest BCUT2D eigenvalue weighted by atomic mass is 10.1. The molecule has 0 saturated carbocycles. The SMILES string of the molecule is COc1ccc(Br)cc1/C=C(\C#N)C(N)=C(C#N)C#N. The number of nitrogens with zero attached hydrogens (tertiary/aromatic N) is 3. The minimum absolute atomic E-state index is 0.0273. The molecule has 1 aromatic rings. The molecule has 0 atom stereocenters. The molecule has 0 aliphatic rings. The van der Waals surface area contributed by atoms with Crippen LogP contribution in [-0.4, -0.2) is 7.11 Å². The molecule has 20 heavy (non-hydrogen) atoms. The lowest BCUT2D eigenvalue weighted by Gasteiger charge is -2.06. The van der Waals surface area contributed by atoms with Crippen LogP contribution in [0.15, 0.2) is 39.5 Å². The van der Waals surface area contributed by atoms with Gasteiger partial charge in [0.25, 0.3) is 0 Å². The molecule has 0 bridgehead atoms. The third-order valence-corrected chi connectivity index (χ3v) is 2.89. The summed E-state index contributed by atoms with van der Waals surface area (Å²) in [6.45, 7) is 0. The van der Waals surface area contributed by atoms with Crippen LogP contribution in [0, 0.1) is 34.0 Å². The van der Waals surface area contributed by atoms with Crippen LogP contribution < -0.4 is 10.5 Å². The van der Waals surface area contributed by atoms with E-state index in [0.29, 0.717) is 11.3 Å². The maximum absolute atomic E-state index is 9.13. The Bertz CT molecular complexity index is 698. The monoisotopic (exact) mass is 328 g/mol. The van der Waals surface area contributed by atoms with Crippen LogP contribution in [0.4, 0.5) is 0 Å². The van der Waals surface area contributed by atoms with Crippen molar-refractivity contribution in [1.82, 2.24) is 0 Å². The first kappa shape index (κ1) is 15.3. The largest absolute Gasteiger partial charge is 0.496 e. The highest BCUT2D eigenvalue weighted by molar-refractivity contribution is 9.10. The first-order valence-corrected chi connectivity index (χ1v) is 6.12. The molecular weight excluding hydrogens is 320 g/mol. The van der Waals surface area contributed by atoms with E-state index in [-0.39, 0.29) is 16.8 Å². The van der Waals surface area contributed by atoms with Gasteiger partial charge in [-0.25, -0.2) is 0 Å². The Hall–Kier alpha value is -2.75. The van der Waals surface area contributed by atoms with E-state index in [4.69, 9.17) is 26.3 Å². The molecule has 0 fully saturated rings. The van der Waals surface area contributed by atoms with E-state index in [1.807, 2.05) is 6.07 Å². The van der Waals surface area contributed by atoms with Crippen molar-refractivity contribution in [2.75, 3.05) is 7.11 Å². The van der Waals surface area contributed by atoms with Crippen molar-refractivity contribution in [2.24, 2.45) is 5.73 Å². The Morgan fingerprint density at radius 2 is 1.90 bits per heavy atom. The summed E-state index contributed by atoms with van der Waals surface area (Å²) in [6, 6.07) is 10.4. The fourth-order valence-electron chi connectivity index (χ4n) is 1.42. The predicted octanol–water partition coefficient (Wildman–Crippen LogP) is 2.62. The summed E-state index contributed by atoms with van der Waals surface area (Å²) in [5.74, 6) is 0.546. The Kier molecular flexibility index (Phi) is 5.35. The highest BCUT2D eigenvalue weighted by Crippen LogP contribution is 2.26. The van der Waals surface area contributed by atoms with E-state index in [0.717, 1.165) is 4.47 Å². The van der Waals surface area contributed by atoms with Crippen molar-refractivity contribution in [2.45, 2.75) is 0 Å². The third-order valence-electron chi connectivity index (χ3n) is 2.40. The average molecular weight is 329 g/mol. The molecule has 98 valence electrons. The molecule has 1 aromatic carbocycles. The molecule has 0 spiro atoms. The molecule has 6 heteroatoms. The van der Waals surface area contributed by atoms with E-state index < -0.39 is 0 Å². The Balaban J connectivity index is 3.46. The second-order valence-corrected chi connectivity index (χ2v) is 4.48. The van der Waals surface area contributed by atoms with E-state index in [1.54, 1.807) is 30.3 Å². The normalized spacial score (nSPS) is 9.85. The smallest absolute Gasteiger partial charge is 0.153 e. The molecule has 0 heterocycles. The van der Waals surface area contributed by atoms with E-state index in [1.165, 1.54) is 13.2 Å². The molecule has 2 N–H and O–H groups in total. The van der Waals surface area contributed by atoms with Gasteiger partial charge in [-0.2, -0.15) is 15.8 Å². The number of ether oxygens (including phenoxy) is 1. The second kappa shape index (κ2) is 6.99. The van der Waals surface area contributed by atoms with E-state index in [2.05, 4.69) is 15.9 Å². The summed E-state index contributed by atoms with van der Waals surface area (Å²) in [6.07, 6.45) is 1.47. The molecule has 0 amide bonds. The van der Waals surface area contributed by atoms with Gasteiger partial charge in [-0.15, -0.1) is 0 Å².